The lowest BCUT2D eigenvalue weighted by molar-refractivity contribution is 0.0937. The third-order valence-electron chi connectivity index (χ3n) is 5.04. The van der Waals surface area contributed by atoms with Crippen LogP contribution in [0.4, 0.5) is 0 Å². The maximum Gasteiger partial charge on any atom is 0.262 e. The Labute approximate surface area is 181 Å². The number of rotatable bonds is 6. The molecule has 1 aliphatic rings. The van der Waals surface area contributed by atoms with Gasteiger partial charge in [0.05, 0.1) is 33.7 Å². The zero-order chi connectivity index (χ0) is 20.5. The average Bonchev–Trinajstić information content (AvgIpc) is 3.53. The van der Waals surface area contributed by atoms with E-state index in [2.05, 4.69) is 10.2 Å². The van der Waals surface area contributed by atoms with E-state index >= 15 is 0 Å². The van der Waals surface area contributed by atoms with Crippen LogP contribution in [-0.4, -0.2) is 32.5 Å². The molecule has 4 heterocycles. The summed E-state index contributed by atoms with van der Waals surface area (Å²) < 4.78 is 13.4. The predicted molar refractivity (Wildman–Crippen MR) is 117 cm³/mol. The van der Waals surface area contributed by atoms with Gasteiger partial charge in [0.25, 0.3) is 11.4 Å². The lowest BCUT2D eigenvalue weighted by Gasteiger charge is -2.17. The van der Waals surface area contributed by atoms with Crippen LogP contribution in [-0.2, 0) is 11.3 Å². The molecule has 154 valence electrons. The molecule has 0 aliphatic carbocycles. The van der Waals surface area contributed by atoms with Gasteiger partial charge in [0.2, 0.25) is 5.89 Å². The Hall–Kier alpha value is -2.49. The molecule has 1 fully saturated rings. The first-order chi connectivity index (χ1) is 14.7. The fourth-order valence-electron chi connectivity index (χ4n) is 3.50. The molecular weight excluding hydrogens is 420 g/mol. The van der Waals surface area contributed by atoms with E-state index in [-0.39, 0.29) is 16.9 Å². The van der Waals surface area contributed by atoms with E-state index in [1.54, 1.807) is 15.9 Å². The van der Waals surface area contributed by atoms with E-state index in [9.17, 15) is 4.79 Å². The second-order valence-corrected chi connectivity index (χ2v) is 9.40. The highest BCUT2D eigenvalue weighted by Crippen LogP contribution is 2.35. The molecule has 0 spiro atoms. The maximum absolute atomic E-state index is 13.2. The molecule has 0 N–H and O–H groups in total. The summed E-state index contributed by atoms with van der Waals surface area (Å²) in [7, 11) is 0. The van der Waals surface area contributed by atoms with Gasteiger partial charge in [-0.1, -0.05) is 30.0 Å². The molecule has 9 heteroatoms. The quantitative estimate of drug-likeness (QED) is 0.321. The summed E-state index contributed by atoms with van der Waals surface area (Å²) in [5.74, 6) is 1.02. The van der Waals surface area contributed by atoms with Crippen molar-refractivity contribution in [1.82, 2.24) is 19.7 Å². The van der Waals surface area contributed by atoms with E-state index in [0.717, 1.165) is 24.3 Å². The molecule has 1 aromatic carbocycles. The molecular formula is C21H20N4O3S2. The Morgan fingerprint density at radius 2 is 2.17 bits per heavy atom. The summed E-state index contributed by atoms with van der Waals surface area (Å²) in [5, 5.41) is 11.4. The highest BCUT2D eigenvalue weighted by Gasteiger charge is 2.23. The second kappa shape index (κ2) is 8.33. The standard InChI is InChI=1S/C21H20N4O3S2/c1-13(18-23-24-19(28-18)17-9-5-11-29-17)30-21-22-16-8-3-2-7-15(16)20(26)25(21)12-14-6-4-10-27-14/h2-3,5,7-9,11,13-14H,4,6,10,12H2,1H3/t13-,14-/m0/s1. The van der Waals surface area contributed by atoms with E-state index in [1.807, 2.05) is 48.7 Å². The molecule has 5 rings (SSSR count). The fraction of sp³-hybridized carbons (Fsp3) is 0.333. The third kappa shape index (κ3) is 3.80. The van der Waals surface area contributed by atoms with Crippen LogP contribution in [0.3, 0.4) is 0 Å². The number of nitrogens with zero attached hydrogens (tertiary/aromatic N) is 4. The van der Waals surface area contributed by atoms with E-state index in [1.165, 1.54) is 11.8 Å². The number of benzene rings is 1. The van der Waals surface area contributed by atoms with Gasteiger partial charge in [-0.2, -0.15) is 0 Å². The zero-order valence-corrected chi connectivity index (χ0v) is 18.0. The first-order valence-electron chi connectivity index (χ1n) is 9.84. The number of hydrogen-bond donors (Lipinski definition) is 0. The average molecular weight is 441 g/mol. The van der Waals surface area contributed by atoms with Gasteiger partial charge in [-0.25, -0.2) is 4.98 Å². The monoisotopic (exact) mass is 440 g/mol. The van der Waals surface area contributed by atoms with Crippen molar-refractivity contribution in [2.24, 2.45) is 0 Å². The van der Waals surface area contributed by atoms with Crippen LogP contribution >= 0.6 is 23.1 Å². The Morgan fingerprint density at radius 1 is 1.27 bits per heavy atom. The molecule has 2 atom stereocenters. The van der Waals surface area contributed by atoms with Crippen LogP contribution < -0.4 is 5.56 Å². The van der Waals surface area contributed by atoms with Crippen molar-refractivity contribution in [3.8, 4) is 10.8 Å². The highest BCUT2D eigenvalue weighted by atomic mass is 32.2. The lowest BCUT2D eigenvalue weighted by atomic mass is 10.2. The number of hydrogen-bond acceptors (Lipinski definition) is 8. The number of ether oxygens (including phenoxy) is 1. The van der Waals surface area contributed by atoms with Gasteiger partial charge in [-0.3, -0.25) is 9.36 Å². The SMILES string of the molecule is C[C@H](Sc1nc2ccccc2c(=O)n1C[C@@H]1CCCO1)c1nnc(-c2cccs2)o1. The summed E-state index contributed by atoms with van der Waals surface area (Å²) >= 11 is 3.00. The minimum absolute atomic E-state index is 0.0363. The van der Waals surface area contributed by atoms with Crippen LogP contribution in [0.15, 0.2) is 56.1 Å². The molecule has 1 aliphatic heterocycles. The van der Waals surface area contributed by atoms with E-state index in [4.69, 9.17) is 14.1 Å². The van der Waals surface area contributed by atoms with Crippen molar-refractivity contribution in [3.63, 3.8) is 0 Å². The number of thiophene rings is 1. The van der Waals surface area contributed by atoms with Gasteiger partial charge in [0.15, 0.2) is 5.16 Å². The van der Waals surface area contributed by atoms with E-state index in [0.29, 0.717) is 34.4 Å². The maximum atomic E-state index is 13.2. The predicted octanol–water partition coefficient (Wildman–Crippen LogP) is 4.54. The van der Waals surface area contributed by atoms with Gasteiger partial charge in [0, 0.05) is 6.61 Å². The smallest absolute Gasteiger partial charge is 0.262 e. The van der Waals surface area contributed by atoms with Gasteiger partial charge in [-0.15, -0.1) is 21.5 Å². The summed E-state index contributed by atoms with van der Waals surface area (Å²) in [5.41, 5.74) is 0.640. The highest BCUT2D eigenvalue weighted by molar-refractivity contribution is 7.99. The Balaban J connectivity index is 1.48. The van der Waals surface area contributed by atoms with Gasteiger partial charge >= 0.3 is 0 Å². The number of aromatic nitrogens is 4. The number of para-hydroxylation sites is 1. The van der Waals surface area contributed by atoms with Crippen molar-refractivity contribution in [3.05, 3.63) is 58.0 Å². The van der Waals surface area contributed by atoms with Gasteiger partial charge in [0.1, 0.15) is 0 Å². The summed E-state index contributed by atoms with van der Waals surface area (Å²) in [6.45, 7) is 3.22. The molecule has 30 heavy (non-hydrogen) atoms. The van der Waals surface area contributed by atoms with Crippen molar-refractivity contribution in [1.29, 1.82) is 0 Å². The Morgan fingerprint density at radius 3 is 2.97 bits per heavy atom. The van der Waals surface area contributed by atoms with Crippen LogP contribution in [0.5, 0.6) is 0 Å². The molecule has 0 amide bonds. The van der Waals surface area contributed by atoms with Crippen molar-refractivity contribution >= 4 is 34.0 Å². The molecule has 4 aromatic rings. The third-order valence-corrected chi connectivity index (χ3v) is 6.97. The summed E-state index contributed by atoms with van der Waals surface area (Å²) in [6.07, 6.45) is 2.01. The number of thioether (sulfide) groups is 1. The van der Waals surface area contributed by atoms with Gasteiger partial charge < -0.3 is 9.15 Å². The minimum atomic E-state index is -0.157. The fourth-order valence-corrected chi connectivity index (χ4v) is 5.09. The number of fused-ring (bicyclic) bond motifs is 1. The molecule has 7 nitrogen and oxygen atoms in total. The molecule has 3 aromatic heterocycles. The Kier molecular flexibility index (Phi) is 5.41. The Bertz CT molecular complexity index is 1210. The first kappa shape index (κ1) is 19.5. The minimum Gasteiger partial charge on any atom is -0.419 e. The van der Waals surface area contributed by atoms with Crippen molar-refractivity contribution < 1.29 is 9.15 Å². The van der Waals surface area contributed by atoms with Crippen molar-refractivity contribution in [2.75, 3.05) is 6.61 Å². The zero-order valence-electron chi connectivity index (χ0n) is 16.4. The molecule has 0 radical (unpaired) electrons. The summed E-state index contributed by atoms with van der Waals surface area (Å²) in [6, 6.07) is 11.3. The van der Waals surface area contributed by atoms with Crippen LogP contribution in [0.2, 0.25) is 0 Å². The topological polar surface area (TPSA) is 83.0 Å². The molecule has 0 bridgehead atoms. The van der Waals surface area contributed by atoms with Crippen LogP contribution in [0.1, 0.15) is 30.9 Å². The second-order valence-electron chi connectivity index (χ2n) is 7.15. The summed E-state index contributed by atoms with van der Waals surface area (Å²) in [4.78, 5) is 18.9. The van der Waals surface area contributed by atoms with Crippen molar-refractivity contribution in [2.45, 2.75) is 42.8 Å². The molecule has 1 saturated heterocycles. The van der Waals surface area contributed by atoms with Crippen LogP contribution in [0, 0.1) is 0 Å². The first-order valence-corrected chi connectivity index (χ1v) is 11.6. The lowest BCUT2D eigenvalue weighted by Crippen LogP contribution is -2.29. The van der Waals surface area contributed by atoms with Crippen LogP contribution in [0.25, 0.3) is 21.7 Å². The normalized spacial score (nSPS) is 17.6. The largest absolute Gasteiger partial charge is 0.419 e. The molecule has 0 unspecified atom stereocenters. The van der Waals surface area contributed by atoms with E-state index < -0.39 is 0 Å². The molecule has 0 saturated carbocycles. The van der Waals surface area contributed by atoms with Gasteiger partial charge in [-0.05, 0) is 43.3 Å².